The van der Waals surface area contributed by atoms with E-state index in [4.69, 9.17) is 9.47 Å². The van der Waals surface area contributed by atoms with E-state index in [-0.39, 0.29) is 11.8 Å². The minimum atomic E-state index is -0.663. The van der Waals surface area contributed by atoms with Crippen LogP contribution in [0.4, 0.5) is 5.69 Å². The van der Waals surface area contributed by atoms with Crippen LogP contribution in [0.2, 0.25) is 0 Å². The summed E-state index contributed by atoms with van der Waals surface area (Å²) in [5.41, 5.74) is 1.67. The third-order valence-corrected chi connectivity index (χ3v) is 5.13. The summed E-state index contributed by atoms with van der Waals surface area (Å²) in [6, 6.07) is 13.0. The fourth-order valence-corrected chi connectivity index (χ4v) is 3.62. The first-order chi connectivity index (χ1) is 13.5. The van der Waals surface area contributed by atoms with Crippen LogP contribution >= 0.6 is 15.9 Å². The molecule has 3 rings (SSSR count). The van der Waals surface area contributed by atoms with Gasteiger partial charge in [0.25, 0.3) is 0 Å². The number of ether oxygens (including phenoxy) is 2. The average Bonchev–Trinajstić information content (AvgIpc) is 3.08. The quantitative estimate of drug-likeness (QED) is 0.660. The normalized spacial score (nSPS) is 16.2. The molecule has 2 aromatic carbocycles. The number of methoxy groups -OCH3 is 1. The lowest BCUT2D eigenvalue weighted by molar-refractivity contribution is -0.132. The molecule has 2 aromatic rings. The van der Waals surface area contributed by atoms with Crippen molar-refractivity contribution in [2.45, 2.75) is 19.9 Å². The summed E-state index contributed by atoms with van der Waals surface area (Å²) in [6.07, 6.45) is 0.504. The first-order valence-electron chi connectivity index (χ1n) is 9.18. The van der Waals surface area contributed by atoms with E-state index < -0.39 is 5.92 Å². The van der Waals surface area contributed by atoms with Gasteiger partial charge in [-0.3, -0.25) is 9.59 Å². The molecule has 0 saturated carbocycles. The molecule has 1 atom stereocenters. The van der Waals surface area contributed by atoms with Crippen molar-refractivity contribution in [1.29, 1.82) is 0 Å². The van der Waals surface area contributed by atoms with Gasteiger partial charge >= 0.3 is 0 Å². The Kier molecular flexibility index (Phi) is 6.57. The highest BCUT2D eigenvalue weighted by Crippen LogP contribution is 2.29. The molecular weight excluding hydrogens is 424 g/mol. The van der Waals surface area contributed by atoms with Crippen LogP contribution in [0.15, 0.2) is 46.9 Å². The Morgan fingerprint density at radius 3 is 2.79 bits per heavy atom. The zero-order chi connectivity index (χ0) is 20.1. The van der Waals surface area contributed by atoms with Gasteiger partial charge in [0.1, 0.15) is 5.92 Å². The predicted octanol–water partition coefficient (Wildman–Crippen LogP) is 3.53. The first kappa shape index (κ1) is 20.2. The largest absolute Gasteiger partial charge is 0.493 e. The van der Waals surface area contributed by atoms with Crippen LogP contribution in [0.5, 0.6) is 11.5 Å². The molecule has 0 bridgehead atoms. The minimum Gasteiger partial charge on any atom is -0.493 e. The van der Waals surface area contributed by atoms with Crippen LogP contribution in [-0.4, -0.2) is 32.1 Å². The zero-order valence-electron chi connectivity index (χ0n) is 15.9. The van der Waals surface area contributed by atoms with Gasteiger partial charge in [-0.15, -0.1) is 0 Å². The van der Waals surface area contributed by atoms with Gasteiger partial charge in [0.05, 0.1) is 13.7 Å². The van der Waals surface area contributed by atoms with Gasteiger partial charge in [-0.25, -0.2) is 0 Å². The number of nitrogens with zero attached hydrogens (tertiary/aromatic N) is 1. The molecule has 1 heterocycles. The molecule has 1 N–H and O–H groups in total. The summed E-state index contributed by atoms with van der Waals surface area (Å²) in [5, 5.41) is 2.87. The summed E-state index contributed by atoms with van der Waals surface area (Å²) in [5.74, 6) is 0.195. The van der Waals surface area contributed by atoms with Crippen molar-refractivity contribution in [3.63, 3.8) is 0 Å². The van der Waals surface area contributed by atoms with Crippen LogP contribution in [0, 0.1) is 5.92 Å². The van der Waals surface area contributed by atoms with Crippen molar-refractivity contribution >= 4 is 33.4 Å². The van der Waals surface area contributed by atoms with E-state index in [1.54, 1.807) is 12.0 Å². The number of anilines is 1. The monoisotopic (exact) mass is 446 g/mol. The third kappa shape index (κ3) is 4.47. The number of hydrogen-bond donors (Lipinski definition) is 1. The minimum absolute atomic E-state index is 0.167. The van der Waals surface area contributed by atoms with Crippen LogP contribution in [-0.2, 0) is 16.1 Å². The van der Waals surface area contributed by atoms with Crippen molar-refractivity contribution in [1.82, 2.24) is 5.32 Å². The smallest absolute Gasteiger partial charge is 0.239 e. The van der Waals surface area contributed by atoms with Crippen molar-refractivity contribution < 1.29 is 19.1 Å². The van der Waals surface area contributed by atoms with Crippen LogP contribution in [0.3, 0.4) is 0 Å². The van der Waals surface area contributed by atoms with Gasteiger partial charge in [0, 0.05) is 23.2 Å². The Bertz CT molecular complexity index is 871. The second-order valence-electron chi connectivity index (χ2n) is 6.45. The second kappa shape index (κ2) is 9.10. The summed E-state index contributed by atoms with van der Waals surface area (Å²) in [4.78, 5) is 26.9. The Hall–Kier alpha value is -2.54. The molecule has 7 heteroatoms. The molecule has 0 radical (unpaired) electrons. The van der Waals surface area contributed by atoms with E-state index in [9.17, 15) is 9.59 Å². The van der Waals surface area contributed by atoms with E-state index in [1.807, 2.05) is 49.4 Å². The number of carbonyl (C=O) groups excluding carboxylic acids is 2. The standard InChI is InChI=1S/C21H23BrN2O4/c1-3-28-18-8-7-14(11-19(18)27-2)13-23-20(25)17-9-10-24(21(17)26)16-6-4-5-15(22)12-16/h4-8,11-12,17H,3,9-10,13H2,1-2H3,(H,23,25). The van der Waals surface area contributed by atoms with E-state index in [1.165, 1.54) is 0 Å². The number of carbonyl (C=O) groups is 2. The Labute approximate surface area is 172 Å². The van der Waals surface area contributed by atoms with E-state index >= 15 is 0 Å². The van der Waals surface area contributed by atoms with Crippen LogP contribution in [0.25, 0.3) is 0 Å². The van der Waals surface area contributed by atoms with Gasteiger partial charge < -0.3 is 19.7 Å². The Morgan fingerprint density at radius 1 is 1.25 bits per heavy atom. The van der Waals surface area contributed by atoms with E-state index in [0.717, 1.165) is 15.7 Å². The molecule has 1 unspecified atom stereocenters. The van der Waals surface area contributed by atoms with Gasteiger partial charge in [-0.05, 0) is 49.2 Å². The molecule has 0 spiro atoms. The number of hydrogen-bond acceptors (Lipinski definition) is 4. The third-order valence-electron chi connectivity index (χ3n) is 4.64. The molecule has 148 valence electrons. The summed E-state index contributed by atoms with van der Waals surface area (Å²) in [7, 11) is 1.58. The Balaban J connectivity index is 1.62. The molecule has 1 saturated heterocycles. The van der Waals surface area contributed by atoms with Gasteiger partial charge in [-0.2, -0.15) is 0 Å². The maximum atomic E-state index is 12.7. The Morgan fingerprint density at radius 2 is 2.07 bits per heavy atom. The molecule has 1 fully saturated rings. The summed E-state index contributed by atoms with van der Waals surface area (Å²) < 4.78 is 11.7. The van der Waals surface area contributed by atoms with E-state index in [2.05, 4.69) is 21.2 Å². The predicted molar refractivity (Wildman–Crippen MR) is 111 cm³/mol. The fourth-order valence-electron chi connectivity index (χ4n) is 3.23. The number of benzene rings is 2. The highest BCUT2D eigenvalue weighted by molar-refractivity contribution is 9.10. The summed E-state index contributed by atoms with van der Waals surface area (Å²) >= 11 is 3.41. The number of nitrogens with one attached hydrogen (secondary N) is 1. The summed E-state index contributed by atoms with van der Waals surface area (Å²) in [6.45, 7) is 3.31. The number of amides is 2. The maximum absolute atomic E-state index is 12.7. The molecular formula is C21H23BrN2O4. The van der Waals surface area contributed by atoms with E-state index in [0.29, 0.717) is 37.6 Å². The van der Waals surface area contributed by atoms with Gasteiger partial charge in [0.2, 0.25) is 11.8 Å². The number of rotatable bonds is 7. The van der Waals surface area contributed by atoms with Gasteiger partial charge in [-0.1, -0.05) is 28.1 Å². The lowest BCUT2D eigenvalue weighted by Gasteiger charge is -2.17. The molecule has 0 aromatic heterocycles. The topological polar surface area (TPSA) is 67.9 Å². The number of halogens is 1. The van der Waals surface area contributed by atoms with Crippen molar-refractivity contribution in [3.8, 4) is 11.5 Å². The van der Waals surface area contributed by atoms with Crippen molar-refractivity contribution in [2.75, 3.05) is 25.2 Å². The van der Waals surface area contributed by atoms with Crippen LogP contribution in [0.1, 0.15) is 18.9 Å². The zero-order valence-corrected chi connectivity index (χ0v) is 17.5. The molecule has 6 nitrogen and oxygen atoms in total. The second-order valence-corrected chi connectivity index (χ2v) is 7.36. The van der Waals surface area contributed by atoms with Crippen LogP contribution < -0.4 is 19.7 Å². The highest BCUT2D eigenvalue weighted by atomic mass is 79.9. The lowest BCUT2D eigenvalue weighted by atomic mass is 10.1. The highest BCUT2D eigenvalue weighted by Gasteiger charge is 2.37. The maximum Gasteiger partial charge on any atom is 0.239 e. The molecule has 1 aliphatic rings. The van der Waals surface area contributed by atoms with Gasteiger partial charge in [0.15, 0.2) is 11.5 Å². The van der Waals surface area contributed by atoms with Crippen molar-refractivity contribution in [2.24, 2.45) is 5.92 Å². The lowest BCUT2D eigenvalue weighted by Crippen LogP contribution is -2.36. The molecule has 2 amide bonds. The first-order valence-corrected chi connectivity index (χ1v) is 9.97. The fraction of sp³-hybridized carbons (Fsp3) is 0.333. The van der Waals surface area contributed by atoms with Crippen molar-refractivity contribution in [3.05, 3.63) is 52.5 Å². The molecule has 28 heavy (non-hydrogen) atoms. The molecule has 0 aliphatic carbocycles. The average molecular weight is 447 g/mol. The molecule has 1 aliphatic heterocycles. The SMILES string of the molecule is CCOc1ccc(CNC(=O)C2CCN(c3cccc(Br)c3)C2=O)cc1OC.